The van der Waals surface area contributed by atoms with Crippen molar-refractivity contribution in [2.75, 3.05) is 11.9 Å². The Morgan fingerprint density at radius 3 is 3.00 bits per heavy atom. The molecule has 5 nitrogen and oxygen atoms in total. The topological polar surface area (TPSA) is 68.8 Å². The smallest absolute Gasteiger partial charge is 0.153 e. The van der Waals surface area contributed by atoms with Crippen molar-refractivity contribution in [3.8, 4) is 5.82 Å². The second-order valence-electron chi connectivity index (χ2n) is 5.03. The second-order valence-corrected chi connectivity index (χ2v) is 5.03. The molecule has 100 valence electrons. The summed E-state index contributed by atoms with van der Waals surface area (Å²) >= 11 is 0. The average Bonchev–Trinajstić information content (AvgIpc) is 3.10. The van der Waals surface area contributed by atoms with Gasteiger partial charge in [-0.15, -0.1) is 0 Å². The molecule has 2 atom stereocenters. The quantitative estimate of drug-likeness (QED) is 0.876. The van der Waals surface area contributed by atoms with Gasteiger partial charge in [0.2, 0.25) is 0 Å². The Hall–Kier alpha value is -1.88. The molecule has 0 aromatic carbocycles. The van der Waals surface area contributed by atoms with Crippen LogP contribution in [0, 0.1) is 5.92 Å². The fourth-order valence-corrected chi connectivity index (χ4v) is 2.73. The van der Waals surface area contributed by atoms with Crippen LogP contribution in [0.15, 0.2) is 36.8 Å². The third-order valence-corrected chi connectivity index (χ3v) is 3.80. The van der Waals surface area contributed by atoms with Gasteiger partial charge in [-0.2, -0.15) is 5.10 Å². The minimum absolute atomic E-state index is 0.488. The number of hydrogen-bond donors (Lipinski definition) is 2. The maximum atomic E-state index is 5.80. The van der Waals surface area contributed by atoms with Crippen molar-refractivity contribution in [1.82, 2.24) is 14.8 Å². The van der Waals surface area contributed by atoms with Crippen LogP contribution in [-0.4, -0.2) is 27.4 Å². The van der Waals surface area contributed by atoms with E-state index in [1.54, 1.807) is 10.9 Å². The Labute approximate surface area is 112 Å². The van der Waals surface area contributed by atoms with Crippen molar-refractivity contribution >= 4 is 5.69 Å². The summed E-state index contributed by atoms with van der Waals surface area (Å²) in [5.74, 6) is 1.42. The summed E-state index contributed by atoms with van der Waals surface area (Å²) in [5.41, 5.74) is 6.86. The lowest BCUT2D eigenvalue weighted by Crippen LogP contribution is -2.29. The van der Waals surface area contributed by atoms with E-state index in [1.165, 1.54) is 19.3 Å². The summed E-state index contributed by atoms with van der Waals surface area (Å²) in [7, 11) is 0. The number of nitrogens with two attached hydrogens (primary N) is 1. The standard InChI is InChI=1S/C14H19N5/c15-9-11-3-1-4-13(11)18-12-5-6-14(16-10-12)19-8-2-7-17-19/h2,5-8,10-11,13,18H,1,3-4,9,15H2. The van der Waals surface area contributed by atoms with E-state index in [0.29, 0.717) is 12.0 Å². The molecule has 2 aromatic rings. The number of rotatable bonds is 4. The van der Waals surface area contributed by atoms with Crippen LogP contribution < -0.4 is 11.1 Å². The predicted octanol–water partition coefficient (Wildman–Crippen LogP) is 1.81. The molecular formula is C14H19N5. The average molecular weight is 257 g/mol. The lowest BCUT2D eigenvalue weighted by molar-refractivity contribution is 0.516. The zero-order chi connectivity index (χ0) is 13.1. The van der Waals surface area contributed by atoms with Gasteiger partial charge in [0.15, 0.2) is 5.82 Å². The molecule has 1 saturated carbocycles. The highest BCUT2D eigenvalue weighted by molar-refractivity contribution is 5.44. The lowest BCUT2D eigenvalue weighted by atomic mass is 10.0. The largest absolute Gasteiger partial charge is 0.381 e. The van der Waals surface area contributed by atoms with Gasteiger partial charge < -0.3 is 11.1 Å². The molecule has 0 saturated heterocycles. The van der Waals surface area contributed by atoms with E-state index in [4.69, 9.17) is 5.73 Å². The number of aromatic nitrogens is 3. The van der Waals surface area contributed by atoms with Crippen molar-refractivity contribution < 1.29 is 0 Å². The SMILES string of the molecule is NCC1CCCC1Nc1ccc(-n2cccn2)nc1. The van der Waals surface area contributed by atoms with Crippen molar-refractivity contribution in [3.05, 3.63) is 36.8 Å². The van der Waals surface area contributed by atoms with Crippen LogP contribution in [0.3, 0.4) is 0 Å². The molecule has 0 spiro atoms. The molecule has 5 heteroatoms. The third-order valence-electron chi connectivity index (χ3n) is 3.80. The van der Waals surface area contributed by atoms with Crippen molar-refractivity contribution in [2.24, 2.45) is 11.7 Å². The maximum Gasteiger partial charge on any atom is 0.153 e. The summed E-state index contributed by atoms with van der Waals surface area (Å²) < 4.78 is 1.75. The number of anilines is 1. The molecule has 2 unspecified atom stereocenters. The first-order chi connectivity index (χ1) is 9.36. The Morgan fingerprint density at radius 1 is 1.37 bits per heavy atom. The minimum Gasteiger partial charge on any atom is -0.381 e. The highest BCUT2D eigenvalue weighted by Crippen LogP contribution is 2.27. The highest BCUT2D eigenvalue weighted by Gasteiger charge is 2.25. The van der Waals surface area contributed by atoms with Crippen LogP contribution in [0.5, 0.6) is 0 Å². The fraction of sp³-hybridized carbons (Fsp3) is 0.429. The van der Waals surface area contributed by atoms with Crippen LogP contribution in [-0.2, 0) is 0 Å². The molecule has 0 bridgehead atoms. The maximum absolute atomic E-state index is 5.80. The summed E-state index contributed by atoms with van der Waals surface area (Å²) in [6.07, 6.45) is 9.19. The van der Waals surface area contributed by atoms with Crippen LogP contribution >= 0.6 is 0 Å². The van der Waals surface area contributed by atoms with E-state index in [0.717, 1.165) is 18.1 Å². The summed E-state index contributed by atoms with van der Waals surface area (Å²) in [4.78, 5) is 4.42. The van der Waals surface area contributed by atoms with Crippen LogP contribution in [0.4, 0.5) is 5.69 Å². The normalized spacial score (nSPS) is 22.6. The molecule has 3 rings (SSSR count). The van der Waals surface area contributed by atoms with Crippen LogP contribution in [0.25, 0.3) is 5.82 Å². The van der Waals surface area contributed by atoms with Gasteiger partial charge >= 0.3 is 0 Å². The van der Waals surface area contributed by atoms with Crippen molar-refractivity contribution in [1.29, 1.82) is 0 Å². The molecule has 19 heavy (non-hydrogen) atoms. The van der Waals surface area contributed by atoms with Crippen molar-refractivity contribution in [2.45, 2.75) is 25.3 Å². The van der Waals surface area contributed by atoms with Gasteiger partial charge in [-0.05, 0) is 43.5 Å². The van der Waals surface area contributed by atoms with E-state index in [-0.39, 0.29) is 0 Å². The predicted molar refractivity (Wildman–Crippen MR) is 75.2 cm³/mol. The summed E-state index contributed by atoms with van der Waals surface area (Å²) in [6.45, 7) is 0.760. The first-order valence-corrected chi connectivity index (χ1v) is 6.79. The van der Waals surface area contributed by atoms with Gasteiger partial charge in [-0.3, -0.25) is 0 Å². The van der Waals surface area contributed by atoms with E-state index in [2.05, 4.69) is 21.5 Å². The van der Waals surface area contributed by atoms with Crippen LogP contribution in [0.1, 0.15) is 19.3 Å². The zero-order valence-electron chi connectivity index (χ0n) is 10.9. The van der Waals surface area contributed by atoms with Gasteiger partial charge in [0.25, 0.3) is 0 Å². The molecule has 0 aliphatic heterocycles. The zero-order valence-corrected chi connectivity index (χ0v) is 10.9. The third kappa shape index (κ3) is 2.61. The number of hydrogen-bond acceptors (Lipinski definition) is 4. The number of pyridine rings is 1. The molecule has 0 radical (unpaired) electrons. The van der Waals surface area contributed by atoms with Gasteiger partial charge in [-0.1, -0.05) is 6.42 Å². The monoisotopic (exact) mass is 257 g/mol. The summed E-state index contributed by atoms with van der Waals surface area (Å²) in [5, 5.41) is 7.70. The second kappa shape index (κ2) is 5.40. The van der Waals surface area contributed by atoms with E-state index in [1.807, 2.05) is 24.5 Å². The molecule has 2 aromatic heterocycles. The van der Waals surface area contributed by atoms with Gasteiger partial charge in [0, 0.05) is 18.4 Å². The number of nitrogens with one attached hydrogen (secondary N) is 1. The van der Waals surface area contributed by atoms with Gasteiger partial charge in [0.1, 0.15) is 0 Å². The molecule has 1 aliphatic rings. The Bertz CT molecular complexity index is 505. The van der Waals surface area contributed by atoms with Crippen LogP contribution in [0.2, 0.25) is 0 Å². The lowest BCUT2D eigenvalue weighted by Gasteiger charge is -2.20. The van der Waals surface area contributed by atoms with Gasteiger partial charge in [0.05, 0.1) is 11.9 Å². The molecule has 0 amide bonds. The van der Waals surface area contributed by atoms with E-state index in [9.17, 15) is 0 Å². The van der Waals surface area contributed by atoms with Crippen molar-refractivity contribution in [3.63, 3.8) is 0 Å². The van der Waals surface area contributed by atoms with E-state index >= 15 is 0 Å². The van der Waals surface area contributed by atoms with Gasteiger partial charge in [-0.25, -0.2) is 9.67 Å². The molecular weight excluding hydrogens is 238 g/mol. The Kier molecular flexibility index (Phi) is 3.46. The minimum atomic E-state index is 0.488. The number of nitrogens with zero attached hydrogens (tertiary/aromatic N) is 3. The molecule has 3 N–H and O–H groups in total. The van der Waals surface area contributed by atoms with E-state index < -0.39 is 0 Å². The fourth-order valence-electron chi connectivity index (χ4n) is 2.73. The first-order valence-electron chi connectivity index (χ1n) is 6.79. The molecule has 1 fully saturated rings. The Balaban J connectivity index is 1.69. The Morgan fingerprint density at radius 2 is 2.32 bits per heavy atom. The molecule has 2 heterocycles. The highest BCUT2D eigenvalue weighted by atomic mass is 15.3. The summed E-state index contributed by atoms with van der Waals surface area (Å²) in [6, 6.07) is 6.40. The molecule has 1 aliphatic carbocycles. The first kappa shape index (κ1) is 12.2.